The predicted molar refractivity (Wildman–Crippen MR) is 88.9 cm³/mol. The molecule has 0 saturated carbocycles. The summed E-state index contributed by atoms with van der Waals surface area (Å²) in [6.45, 7) is 4.63. The molecule has 3 rings (SSSR count). The summed E-state index contributed by atoms with van der Waals surface area (Å²) in [5, 5.41) is 16.5. The third-order valence-electron chi connectivity index (χ3n) is 4.59. The fourth-order valence-electron chi connectivity index (χ4n) is 3.16. The number of nitrogens with zero attached hydrogens (tertiary/aromatic N) is 2. The second-order valence-corrected chi connectivity index (χ2v) is 6.54. The van der Waals surface area contributed by atoms with Gasteiger partial charge in [0.1, 0.15) is 5.69 Å². The fraction of sp³-hybridized carbons (Fsp3) is 0.389. The van der Waals surface area contributed by atoms with E-state index in [1.165, 1.54) is 0 Å². The number of nitrogens with one attached hydrogen (secondary N) is 1. The molecule has 1 aliphatic heterocycles. The lowest BCUT2D eigenvalue weighted by Gasteiger charge is -2.15. The molecule has 1 fully saturated rings. The highest BCUT2D eigenvalue weighted by molar-refractivity contribution is 5.93. The summed E-state index contributed by atoms with van der Waals surface area (Å²) >= 11 is 0. The van der Waals surface area contributed by atoms with Crippen LogP contribution in [0, 0.1) is 5.92 Å². The minimum absolute atomic E-state index is 0.198. The molecule has 0 aliphatic carbocycles. The second-order valence-electron chi connectivity index (χ2n) is 6.54. The number of amides is 1. The normalized spacial score (nSPS) is 20.5. The lowest BCUT2D eigenvalue weighted by molar-refractivity contribution is -0.141. The van der Waals surface area contributed by atoms with Crippen molar-refractivity contribution in [2.24, 2.45) is 5.92 Å². The first kappa shape index (κ1) is 16.2. The van der Waals surface area contributed by atoms with Crippen molar-refractivity contribution >= 4 is 11.9 Å². The molecule has 2 unspecified atom stereocenters. The van der Waals surface area contributed by atoms with Crippen LogP contribution >= 0.6 is 0 Å². The Morgan fingerprint density at radius 3 is 2.54 bits per heavy atom. The van der Waals surface area contributed by atoms with Crippen molar-refractivity contribution in [2.75, 3.05) is 13.1 Å². The number of hydrogen-bond donors (Lipinski definition) is 2. The fourth-order valence-corrected chi connectivity index (χ4v) is 3.16. The molecule has 0 radical (unpaired) electrons. The number of carboxylic acid groups (broad SMARTS) is 1. The summed E-state index contributed by atoms with van der Waals surface area (Å²) in [5.41, 5.74) is 2.19. The van der Waals surface area contributed by atoms with E-state index in [-0.39, 0.29) is 24.3 Å². The molecule has 126 valence electrons. The van der Waals surface area contributed by atoms with Gasteiger partial charge in [-0.15, -0.1) is 0 Å². The molecule has 6 nitrogen and oxygen atoms in total. The van der Waals surface area contributed by atoms with E-state index in [0.29, 0.717) is 12.2 Å². The van der Waals surface area contributed by atoms with Crippen LogP contribution in [0.1, 0.15) is 47.4 Å². The van der Waals surface area contributed by atoms with Crippen molar-refractivity contribution < 1.29 is 14.7 Å². The number of hydrogen-bond acceptors (Lipinski definition) is 3. The van der Waals surface area contributed by atoms with Gasteiger partial charge in [0, 0.05) is 24.7 Å². The van der Waals surface area contributed by atoms with E-state index in [1.54, 1.807) is 11.0 Å². The molecule has 2 aromatic rings. The molecule has 0 bridgehead atoms. The number of aliphatic carboxylic acids is 1. The van der Waals surface area contributed by atoms with E-state index in [0.717, 1.165) is 11.3 Å². The third kappa shape index (κ3) is 3.04. The van der Waals surface area contributed by atoms with Gasteiger partial charge in [0.15, 0.2) is 0 Å². The third-order valence-corrected chi connectivity index (χ3v) is 4.59. The van der Waals surface area contributed by atoms with Crippen LogP contribution in [-0.2, 0) is 4.79 Å². The van der Waals surface area contributed by atoms with Gasteiger partial charge in [-0.1, -0.05) is 44.2 Å². The van der Waals surface area contributed by atoms with Crippen LogP contribution in [0.2, 0.25) is 0 Å². The van der Waals surface area contributed by atoms with Gasteiger partial charge in [-0.2, -0.15) is 5.10 Å². The highest BCUT2D eigenvalue weighted by Crippen LogP contribution is 2.33. The number of likely N-dealkylation sites (tertiary alicyclic amines) is 1. The molecule has 6 heteroatoms. The average Bonchev–Trinajstić information content (AvgIpc) is 3.22. The van der Waals surface area contributed by atoms with Gasteiger partial charge in [-0.05, 0) is 17.5 Å². The number of aromatic nitrogens is 2. The minimum atomic E-state index is -0.871. The molecule has 2 heterocycles. The highest BCUT2D eigenvalue weighted by Gasteiger charge is 2.41. The predicted octanol–water partition coefficient (Wildman–Crippen LogP) is 2.47. The minimum Gasteiger partial charge on any atom is -0.481 e. The SMILES string of the molecule is CC(C)c1cc(C(=O)N2CC(C(=O)O)C(c3ccccc3)C2)n[nH]1. The summed E-state index contributed by atoms with van der Waals surface area (Å²) in [7, 11) is 0. The summed E-state index contributed by atoms with van der Waals surface area (Å²) in [6.07, 6.45) is 0. The number of benzene rings is 1. The molecule has 1 aliphatic rings. The van der Waals surface area contributed by atoms with Crippen LogP contribution in [-0.4, -0.2) is 45.2 Å². The lowest BCUT2D eigenvalue weighted by Crippen LogP contribution is -2.30. The Balaban J connectivity index is 1.82. The van der Waals surface area contributed by atoms with Crippen molar-refractivity contribution in [1.29, 1.82) is 0 Å². The van der Waals surface area contributed by atoms with Gasteiger partial charge in [-0.3, -0.25) is 14.7 Å². The van der Waals surface area contributed by atoms with Crippen molar-refractivity contribution in [3.05, 3.63) is 53.3 Å². The topological polar surface area (TPSA) is 86.3 Å². The number of carboxylic acids is 1. The average molecular weight is 327 g/mol. The first-order valence-corrected chi connectivity index (χ1v) is 8.09. The smallest absolute Gasteiger partial charge is 0.308 e. The molecule has 1 amide bonds. The molecule has 1 aromatic heterocycles. The Labute approximate surface area is 140 Å². The van der Waals surface area contributed by atoms with Crippen LogP contribution in [0.15, 0.2) is 36.4 Å². The van der Waals surface area contributed by atoms with Crippen LogP contribution in [0.3, 0.4) is 0 Å². The van der Waals surface area contributed by atoms with E-state index < -0.39 is 11.9 Å². The number of rotatable bonds is 4. The Morgan fingerprint density at radius 1 is 1.25 bits per heavy atom. The molecular weight excluding hydrogens is 306 g/mol. The van der Waals surface area contributed by atoms with Gasteiger partial charge < -0.3 is 10.0 Å². The van der Waals surface area contributed by atoms with E-state index in [9.17, 15) is 14.7 Å². The first-order valence-electron chi connectivity index (χ1n) is 8.09. The highest BCUT2D eigenvalue weighted by atomic mass is 16.4. The molecule has 24 heavy (non-hydrogen) atoms. The van der Waals surface area contributed by atoms with Gasteiger partial charge >= 0.3 is 5.97 Å². The van der Waals surface area contributed by atoms with E-state index in [4.69, 9.17) is 0 Å². The quantitative estimate of drug-likeness (QED) is 0.903. The summed E-state index contributed by atoms with van der Waals surface area (Å²) in [5.74, 6) is -1.63. The Kier molecular flexibility index (Phi) is 4.38. The standard InChI is InChI=1S/C18H21N3O3/c1-11(2)15-8-16(20-19-15)17(22)21-9-13(14(10-21)18(23)24)12-6-4-3-5-7-12/h3-8,11,13-14H,9-10H2,1-2H3,(H,19,20)(H,23,24). The van der Waals surface area contributed by atoms with Crippen molar-refractivity contribution in [1.82, 2.24) is 15.1 Å². The Morgan fingerprint density at radius 2 is 1.96 bits per heavy atom. The number of aromatic amines is 1. The van der Waals surface area contributed by atoms with Crippen molar-refractivity contribution in [3.8, 4) is 0 Å². The van der Waals surface area contributed by atoms with E-state index in [2.05, 4.69) is 10.2 Å². The molecule has 1 aromatic carbocycles. The van der Waals surface area contributed by atoms with Crippen LogP contribution in [0.4, 0.5) is 0 Å². The maximum Gasteiger partial charge on any atom is 0.308 e. The Bertz CT molecular complexity index is 739. The van der Waals surface area contributed by atoms with Gasteiger partial charge in [0.2, 0.25) is 0 Å². The molecule has 0 spiro atoms. The van der Waals surface area contributed by atoms with Gasteiger partial charge in [-0.25, -0.2) is 0 Å². The number of carbonyl (C=O) groups excluding carboxylic acids is 1. The van der Waals surface area contributed by atoms with E-state index >= 15 is 0 Å². The molecule has 2 atom stereocenters. The van der Waals surface area contributed by atoms with Gasteiger partial charge in [0.25, 0.3) is 5.91 Å². The Hall–Kier alpha value is -2.63. The van der Waals surface area contributed by atoms with Crippen molar-refractivity contribution in [2.45, 2.75) is 25.7 Å². The number of carbonyl (C=O) groups is 2. The largest absolute Gasteiger partial charge is 0.481 e. The first-order chi connectivity index (χ1) is 11.5. The van der Waals surface area contributed by atoms with Crippen LogP contribution < -0.4 is 0 Å². The zero-order valence-electron chi connectivity index (χ0n) is 13.8. The zero-order chi connectivity index (χ0) is 17.3. The number of H-pyrrole nitrogens is 1. The van der Waals surface area contributed by atoms with Crippen molar-refractivity contribution in [3.63, 3.8) is 0 Å². The molecule has 1 saturated heterocycles. The summed E-state index contributed by atoms with van der Waals surface area (Å²) < 4.78 is 0. The summed E-state index contributed by atoms with van der Waals surface area (Å²) in [4.78, 5) is 25.9. The van der Waals surface area contributed by atoms with Gasteiger partial charge in [0.05, 0.1) is 5.92 Å². The second kappa shape index (κ2) is 6.47. The zero-order valence-corrected chi connectivity index (χ0v) is 13.8. The maximum absolute atomic E-state index is 12.7. The monoisotopic (exact) mass is 327 g/mol. The maximum atomic E-state index is 12.7. The lowest BCUT2D eigenvalue weighted by atomic mass is 9.89. The summed E-state index contributed by atoms with van der Waals surface area (Å²) in [6, 6.07) is 11.3. The van der Waals surface area contributed by atoms with Crippen LogP contribution in [0.5, 0.6) is 0 Å². The van der Waals surface area contributed by atoms with E-state index in [1.807, 2.05) is 44.2 Å². The molecule has 2 N–H and O–H groups in total. The van der Waals surface area contributed by atoms with Crippen LogP contribution in [0.25, 0.3) is 0 Å². The molecular formula is C18H21N3O3.